The van der Waals surface area contributed by atoms with Gasteiger partial charge in [-0.3, -0.25) is 14.7 Å². The molecule has 2 aromatic carbocycles. The summed E-state index contributed by atoms with van der Waals surface area (Å²) in [6.45, 7) is 1.86. The lowest BCUT2D eigenvalue weighted by Crippen LogP contribution is -2.47. The molecular formula is C24H25N5O5. The number of ether oxygens (including phenoxy) is 1. The van der Waals surface area contributed by atoms with Crippen LogP contribution in [0, 0.1) is 6.92 Å². The monoisotopic (exact) mass is 463 g/mol. The number of alkyl carbamates (subject to hydrolysis) is 1. The van der Waals surface area contributed by atoms with Crippen LogP contribution >= 0.6 is 0 Å². The Morgan fingerprint density at radius 3 is 2.32 bits per heavy atom. The highest BCUT2D eigenvalue weighted by molar-refractivity contribution is 5.86. The molecule has 0 aliphatic heterocycles. The van der Waals surface area contributed by atoms with E-state index < -0.39 is 24.0 Å². The number of carbonyl (C=O) groups excluding carboxylic acids is 2. The maximum Gasteiger partial charge on any atom is 0.407 e. The highest BCUT2D eigenvalue weighted by Crippen LogP contribution is 2.44. The summed E-state index contributed by atoms with van der Waals surface area (Å²) in [5.74, 6) is -0.764. The summed E-state index contributed by atoms with van der Waals surface area (Å²) in [4.78, 5) is 40.3. The number of carbonyl (C=O) groups is 3. The number of hydrogen-bond acceptors (Lipinski definition) is 6. The summed E-state index contributed by atoms with van der Waals surface area (Å²) in [6, 6.07) is 14.8. The quantitative estimate of drug-likeness (QED) is 0.381. The number of hydrogen-bond donors (Lipinski definition) is 4. The Labute approximate surface area is 195 Å². The second-order valence-electron chi connectivity index (χ2n) is 8.01. The van der Waals surface area contributed by atoms with Crippen molar-refractivity contribution < 1.29 is 24.2 Å². The van der Waals surface area contributed by atoms with Crippen molar-refractivity contribution in [1.29, 1.82) is 0 Å². The van der Waals surface area contributed by atoms with Gasteiger partial charge in [0.2, 0.25) is 5.91 Å². The SMILES string of the molecule is Cc1nc(CNC(=O)C(CCC(=O)O)NC(=O)OCC2c3ccccc3-c3ccccc32)n[nH]1. The van der Waals surface area contributed by atoms with E-state index in [-0.39, 0.29) is 31.9 Å². The Hall–Kier alpha value is -4.21. The third-order valence-corrected chi connectivity index (χ3v) is 5.66. The zero-order valence-electron chi connectivity index (χ0n) is 18.6. The summed E-state index contributed by atoms with van der Waals surface area (Å²) in [5.41, 5.74) is 4.35. The number of nitrogens with one attached hydrogen (secondary N) is 3. The fourth-order valence-electron chi connectivity index (χ4n) is 4.08. The molecule has 0 spiro atoms. The van der Waals surface area contributed by atoms with Crippen molar-refractivity contribution in [1.82, 2.24) is 25.8 Å². The first kappa shape index (κ1) is 23.0. The Balaban J connectivity index is 1.38. The zero-order chi connectivity index (χ0) is 24.1. The number of carboxylic acids is 1. The Morgan fingerprint density at radius 1 is 1.09 bits per heavy atom. The van der Waals surface area contributed by atoms with E-state index in [0.717, 1.165) is 22.3 Å². The lowest BCUT2D eigenvalue weighted by atomic mass is 9.98. The van der Waals surface area contributed by atoms with E-state index in [1.165, 1.54) is 0 Å². The van der Waals surface area contributed by atoms with E-state index in [1.807, 2.05) is 48.5 Å². The van der Waals surface area contributed by atoms with Gasteiger partial charge in [0, 0.05) is 12.3 Å². The van der Waals surface area contributed by atoms with Crippen LogP contribution in [-0.4, -0.2) is 50.9 Å². The molecule has 1 heterocycles. The number of aryl methyl sites for hydroxylation is 1. The van der Waals surface area contributed by atoms with Crippen LogP contribution in [0.1, 0.15) is 41.5 Å². The first-order valence-corrected chi connectivity index (χ1v) is 10.9. The van der Waals surface area contributed by atoms with Gasteiger partial charge in [-0.1, -0.05) is 48.5 Å². The summed E-state index contributed by atoms with van der Waals surface area (Å²) in [7, 11) is 0. The van der Waals surface area contributed by atoms with Gasteiger partial charge >= 0.3 is 12.1 Å². The fraction of sp³-hybridized carbons (Fsp3) is 0.292. The van der Waals surface area contributed by atoms with E-state index in [2.05, 4.69) is 25.8 Å². The van der Waals surface area contributed by atoms with Gasteiger partial charge in [0.15, 0.2) is 5.82 Å². The van der Waals surface area contributed by atoms with Crippen LogP contribution in [0.2, 0.25) is 0 Å². The number of nitrogens with zero attached hydrogens (tertiary/aromatic N) is 2. The van der Waals surface area contributed by atoms with Crippen LogP contribution in [0.5, 0.6) is 0 Å². The molecule has 1 aliphatic carbocycles. The molecule has 0 radical (unpaired) electrons. The molecule has 0 saturated heterocycles. The van der Waals surface area contributed by atoms with Crippen molar-refractivity contribution in [2.24, 2.45) is 0 Å². The van der Waals surface area contributed by atoms with Crippen molar-refractivity contribution in [3.63, 3.8) is 0 Å². The topological polar surface area (TPSA) is 146 Å². The molecule has 10 nitrogen and oxygen atoms in total. The lowest BCUT2D eigenvalue weighted by molar-refractivity contribution is -0.137. The molecule has 0 bridgehead atoms. The molecular weight excluding hydrogens is 438 g/mol. The lowest BCUT2D eigenvalue weighted by Gasteiger charge is -2.19. The standard InChI is InChI=1S/C24H25N5O5/c1-14-26-21(29-28-14)12-25-23(32)20(10-11-22(30)31)27-24(33)34-13-19-17-8-4-2-6-15(17)16-7-3-5-9-18(16)19/h2-9,19-20H,10-13H2,1H3,(H,25,32)(H,27,33)(H,30,31)(H,26,28,29). The number of aliphatic carboxylic acids is 1. The van der Waals surface area contributed by atoms with Crippen LogP contribution < -0.4 is 10.6 Å². The van der Waals surface area contributed by atoms with E-state index in [1.54, 1.807) is 6.92 Å². The predicted octanol–water partition coefficient (Wildman–Crippen LogP) is 2.50. The minimum Gasteiger partial charge on any atom is -0.481 e. The van der Waals surface area contributed by atoms with E-state index in [0.29, 0.717) is 11.6 Å². The summed E-state index contributed by atoms with van der Waals surface area (Å²) in [6.07, 6.45) is -1.17. The molecule has 1 unspecified atom stereocenters. The number of amides is 2. The number of carboxylic acid groups (broad SMARTS) is 1. The minimum absolute atomic E-state index is 0.0408. The molecule has 0 fully saturated rings. The van der Waals surface area contributed by atoms with Gasteiger partial charge in [0.05, 0.1) is 6.54 Å². The smallest absolute Gasteiger partial charge is 0.407 e. The number of benzene rings is 2. The molecule has 2 amide bonds. The maximum atomic E-state index is 12.6. The summed E-state index contributed by atoms with van der Waals surface area (Å²) >= 11 is 0. The number of aromatic nitrogens is 3. The third-order valence-electron chi connectivity index (χ3n) is 5.66. The van der Waals surface area contributed by atoms with Gasteiger partial charge in [0.25, 0.3) is 0 Å². The molecule has 34 heavy (non-hydrogen) atoms. The van der Waals surface area contributed by atoms with Crippen LogP contribution in [0.4, 0.5) is 4.79 Å². The molecule has 1 atom stereocenters. The summed E-state index contributed by atoms with van der Waals surface area (Å²) in [5, 5.41) is 20.7. The fourth-order valence-corrected chi connectivity index (χ4v) is 4.08. The number of rotatable bonds is 9. The average molecular weight is 463 g/mol. The normalized spacial score (nSPS) is 13.0. The Bertz CT molecular complexity index is 1160. The van der Waals surface area contributed by atoms with Crippen molar-refractivity contribution >= 4 is 18.0 Å². The van der Waals surface area contributed by atoms with Crippen molar-refractivity contribution in [2.45, 2.75) is 38.3 Å². The first-order chi connectivity index (χ1) is 16.4. The number of fused-ring (bicyclic) bond motifs is 3. The Kier molecular flexibility index (Phi) is 6.86. The zero-order valence-corrected chi connectivity index (χ0v) is 18.6. The number of H-pyrrole nitrogens is 1. The van der Waals surface area contributed by atoms with Crippen molar-refractivity contribution in [3.8, 4) is 11.1 Å². The third kappa shape index (κ3) is 5.22. The van der Waals surface area contributed by atoms with Gasteiger partial charge in [-0.15, -0.1) is 0 Å². The van der Waals surface area contributed by atoms with Crippen molar-refractivity contribution in [3.05, 3.63) is 71.3 Å². The molecule has 4 N–H and O–H groups in total. The van der Waals surface area contributed by atoms with Gasteiger partial charge in [-0.05, 0) is 35.6 Å². The second kappa shape index (κ2) is 10.2. The number of aromatic amines is 1. The Morgan fingerprint density at radius 2 is 1.74 bits per heavy atom. The second-order valence-corrected chi connectivity index (χ2v) is 8.01. The minimum atomic E-state index is -1.08. The largest absolute Gasteiger partial charge is 0.481 e. The van der Waals surface area contributed by atoms with Crippen LogP contribution in [-0.2, 0) is 20.9 Å². The van der Waals surface area contributed by atoms with Crippen molar-refractivity contribution in [2.75, 3.05) is 6.61 Å². The van der Waals surface area contributed by atoms with Gasteiger partial charge < -0.3 is 20.5 Å². The average Bonchev–Trinajstić information content (AvgIpc) is 3.39. The molecule has 10 heteroatoms. The maximum absolute atomic E-state index is 12.6. The van der Waals surface area contributed by atoms with E-state index >= 15 is 0 Å². The molecule has 3 aromatic rings. The van der Waals surface area contributed by atoms with Crippen LogP contribution in [0.15, 0.2) is 48.5 Å². The van der Waals surface area contributed by atoms with E-state index in [9.17, 15) is 14.4 Å². The molecule has 4 rings (SSSR count). The molecule has 0 saturated carbocycles. The van der Waals surface area contributed by atoms with Gasteiger partial charge in [-0.2, -0.15) is 5.10 Å². The first-order valence-electron chi connectivity index (χ1n) is 10.9. The summed E-state index contributed by atoms with van der Waals surface area (Å²) < 4.78 is 5.49. The van der Waals surface area contributed by atoms with Gasteiger partial charge in [0.1, 0.15) is 18.5 Å². The van der Waals surface area contributed by atoms with Crippen LogP contribution in [0.25, 0.3) is 11.1 Å². The predicted molar refractivity (Wildman–Crippen MR) is 122 cm³/mol. The molecule has 176 valence electrons. The molecule has 1 aliphatic rings. The molecule has 1 aromatic heterocycles. The van der Waals surface area contributed by atoms with Crippen LogP contribution in [0.3, 0.4) is 0 Å². The van der Waals surface area contributed by atoms with Gasteiger partial charge in [-0.25, -0.2) is 9.78 Å². The highest BCUT2D eigenvalue weighted by atomic mass is 16.5. The highest BCUT2D eigenvalue weighted by Gasteiger charge is 2.30. The van der Waals surface area contributed by atoms with E-state index in [4.69, 9.17) is 9.84 Å².